The molecule has 0 radical (unpaired) electrons. The zero-order valence-electron chi connectivity index (χ0n) is 20.8. The molecular formula is C27H27F3N2O4S. The standard InChI is InChI=1S/C27H27F3N2O4S/c1-5-15(6-2)24(36-4)18-9-7-8-17(23(18)30)22-13-37-27(31-22)32-25(33)16-11-20(28)19(21(29)12-16)10-14(3)26(34)35/h7-13,15,24H,5-6H2,1-4H3,(H,34,35)(H,31,32,33). The fourth-order valence-corrected chi connectivity index (χ4v) is 4.72. The Morgan fingerprint density at radius 3 is 2.38 bits per heavy atom. The van der Waals surface area contributed by atoms with Crippen molar-refractivity contribution < 1.29 is 32.6 Å². The number of hydrogen-bond donors (Lipinski definition) is 2. The van der Waals surface area contributed by atoms with Crippen LogP contribution in [0.2, 0.25) is 0 Å². The number of methoxy groups -OCH3 is 1. The number of amides is 1. The van der Waals surface area contributed by atoms with Gasteiger partial charge in [0.2, 0.25) is 0 Å². The molecule has 1 amide bonds. The topological polar surface area (TPSA) is 88.5 Å². The lowest BCUT2D eigenvalue weighted by atomic mass is 9.89. The minimum absolute atomic E-state index is 0.111. The highest BCUT2D eigenvalue weighted by Gasteiger charge is 2.25. The van der Waals surface area contributed by atoms with Crippen LogP contribution in [-0.2, 0) is 9.53 Å². The molecule has 37 heavy (non-hydrogen) atoms. The molecule has 10 heteroatoms. The summed E-state index contributed by atoms with van der Waals surface area (Å²) in [4.78, 5) is 27.8. The molecule has 0 saturated carbocycles. The van der Waals surface area contributed by atoms with Crippen LogP contribution in [0.4, 0.5) is 18.3 Å². The average Bonchev–Trinajstić information content (AvgIpc) is 3.32. The van der Waals surface area contributed by atoms with Gasteiger partial charge in [-0.05, 0) is 37.1 Å². The quantitative estimate of drug-likeness (QED) is 0.272. The number of carbonyl (C=O) groups excluding carboxylic acids is 1. The molecule has 0 aliphatic carbocycles. The van der Waals surface area contributed by atoms with Crippen molar-refractivity contribution in [3.63, 3.8) is 0 Å². The van der Waals surface area contributed by atoms with Crippen molar-refractivity contribution in [3.05, 3.63) is 75.4 Å². The average molecular weight is 533 g/mol. The van der Waals surface area contributed by atoms with Gasteiger partial charge in [0, 0.05) is 40.3 Å². The molecule has 1 heterocycles. The van der Waals surface area contributed by atoms with Gasteiger partial charge in [-0.2, -0.15) is 0 Å². The van der Waals surface area contributed by atoms with Crippen LogP contribution < -0.4 is 5.32 Å². The van der Waals surface area contributed by atoms with Crippen LogP contribution in [-0.4, -0.2) is 29.1 Å². The number of benzene rings is 2. The number of carboxylic acid groups (broad SMARTS) is 1. The number of thiazole rings is 1. The second kappa shape index (κ2) is 12.2. The molecule has 6 nitrogen and oxygen atoms in total. The fraction of sp³-hybridized carbons (Fsp3) is 0.296. The van der Waals surface area contributed by atoms with Crippen LogP contribution in [0.5, 0.6) is 0 Å². The lowest BCUT2D eigenvalue weighted by molar-refractivity contribution is -0.132. The lowest BCUT2D eigenvalue weighted by Gasteiger charge is -2.25. The maximum atomic E-state index is 15.5. The SMILES string of the molecule is CCC(CC)C(OC)c1cccc(-c2csc(NC(=O)c3cc(F)c(C=C(C)C(=O)O)c(F)c3)n2)c1F. The van der Waals surface area contributed by atoms with Gasteiger partial charge in [-0.1, -0.05) is 38.8 Å². The third kappa shape index (κ3) is 6.26. The number of carboxylic acids is 1. The van der Waals surface area contributed by atoms with Crippen LogP contribution in [0, 0.1) is 23.4 Å². The molecule has 2 aromatic carbocycles. The maximum Gasteiger partial charge on any atom is 0.331 e. The molecule has 0 aliphatic heterocycles. The summed E-state index contributed by atoms with van der Waals surface area (Å²) in [6.45, 7) is 5.24. The van der Waals surface area contributed by atoms with E-state index in [1.807, 2.05) is 13.8 Å². The summed E-state index contributed by atoms with van der Waals surface area (Å²) in [6, 6.07) is 6.59. The summed E-state index contributed by atoms with van der Waals surface area (Å²) < 4.78 is 50.0. The molecule has 0 fully saturated rings. The predicted octanol–water partition coefficient (Wildman–Crippen LogP) is 7.09. The molecule has 0 spiro atoms. The monoisotopic (exact) mass is 532 g/mol. The molecule has 1 aromatic heterocycles. The molecule has 196 valence electrons. The van der Waals surface area contributed by atoms with Crippen molar-refractivity contribution in [2.45, 2.75) is 39.7 Å². The van der Waals surface area contributed by atoms with E-state index in [2.05, 4.69) is 10.3 Å². The Balaban J connectivity index is 1.85. The number of carbonyl (C=O) groups is 2. The van der Waals surface area contributed by atoms with E-state index < -0.39 is 41.0 Å². The first-order valence-corrected chi connectivity index (χ1v) is 12.5. The van der Waals surface area contributed by atoms with E-state index in [0.29, 0.717) is 11.3 Å². The number of halogens is 3. The first-order chi connectivity index (χ1) is 17.6. The van der Waals surface area contributed by atoms with Crippen molar-refractivity contribution in [1.82, 2.24) is 4.98 Å². The first-order valence-electron chi connectivity index (χ1n) is 11.6. The van der Waals surface area contributed by atoms with E-state index in [1.54, 1.807) is 30.7 Å². The van der Waals surface area contributed by atoms with Crippen molar-refractivity contribution >= 4 is 34.4 Å². The number of anilines is 1. The summed E-state index contributed by atoms with van der Waals surface area (Å²) in [5.74, 6) is -4.66. The van der Waals surface area contributed by atoms with Gasteiger partial charge in [-0.15, -0.1) is 11.3 Å². The van der Waals surface area contributed by atoms with Crippen molar-refractivity contribution in [2.75, 3.05) is 12.4 Å². The van der Waals surface area contributed by atoms with E-state index in [0.717, 1.165) is 42.4 Å². The van der Waals surface area contributed by atoms with E-state index >= 15 is 4.39 Å². The summed E-state index contributed by atoms with van der Waals surface area (Å²) in [5.41, 5.74) is -0.196. The Morgan fingerprint density at radius 2 is 1.81 bits per heavy atom. The Hall–Kier alpha value is -3.50. The summed E-state index contributed by atoms with van der Waals surface area (Å²) >= 11 is 1.03. The van der Waals surface area contributed by atoms with Gasteiger partial charge in [-0.25, -0.2) is 22.9 Å². The summed E-state index contributed by atoms with van der Waals surface area (Å²) in [5, 5.41) is 13.1. The zero-order valence-corrected chi connectivity index (χ0v) is 21.6. The molecule has 0 aliphatic rings. The van der Waals surface area contributed by atoms with E-state index in [9.17, 15) is 18.4 Å². The molecule has 3 aromatic rings. The zero-order chi connectivity index (χ0) is 27.3. The minimum Gasteiger partial charge on any atom is -0.478 e. The van der Waals surface area contributed by atoms with Gasteiger partial charge in [0.05, 0.1) is 11.8 Å². The highest BCUT2D eigenvalue weighted by molar-refractivity contribution is 7.14. The van der Waals surface area contributed by atoms with E-state index in [1.165, 1.54) is 6.92 Å². The number of hydrogen-bond acceptors (Lipinski definition) is 5. The fourth-order valence-electron chi connectivity index (χ4n) is 4.01. The highest BCUT2D eigenvalue weighted by atomic mass is 32.1. The number of aromatic nitrogens is 1. The minimum atomic E-state index is -1.32. The maximum absolute atomic E-state index is 15.5. The molecule has 2 N–H and O–H groups in total. The first kappa shape index (κ1) is 28.1. The number of aliphatic carboxylic acids is 1. The summed E-state index contributed by atoms with van der Waals surface area (Å²) in [6.07, 6.45) is 2.07. The van der Waals surface area contributed by atoms with E-state index in [-0.39, 0.29) is 27.7 Å². The third-order valence-corrected chi connectivity index (χ3v) is 6.86. The van der Waals surface area contributed by atoms with Crippen LogP contribution in [0.25, 0.3) is 17.3 Å². The van der Waals surface area contributed by atoms with Gasteiger partial charge in [0.25, 0.3) is 5.91 Å². The molecule has 1 unspecified atom stereocenters. The Morgan fingerprint density at radius 1 is 1.16 bits per heavy atom. The van der Waals surface area contributed by atoms with Gasteiger partial charge >= 0.3 is 5.97 Å². The van der Waals surface area contributed by atoms with Crippen molar-refractivity contribution in [2.24, 2.45) is 5.92 Å². The number of rotatable bonds is 10. The lowest BCUT2D eigenvalue weighted by Crippen LogP contribution is -2.15. The number of nitrogens with one attached hydrogen (secondary N) is 1. The summed E-state index contributed by atoms with van der Waals surface area (Å²) in [7, 11) is 1.55. The molecule has 0 saturated heterocycles. The van der Waals surface area contributed by atoms with Gasteiger partial charge in [-0.3, -0.25) is 10.1 Å². The second-order valence-electron chi connectivity index (χ2n) is 8.42. The number of ether oxygens (including phenoxy) is 1. The van der Waals surface area contributed by atoms with Gasteiger partial charge in [0.1, 0.15) is 17.5 Å². The normalized spacial score (nSPS) is 12.6. The Kier molecular flexibility index (Phi) is 9.23. The van der Waals surface area contributed by atoms with E-state index in [4.69, 9.17) is 9.84 Å². The van der Waals surface area contributed by atoms with Crippen LogP contribution in [0.3, 0.4) is 0 Å². The second-order valence-corrected chi connectivity index (χ2v) is 9.28. The van der Waals surface area contributed by atoms with Gasteiger partial charge in [0.15, 0.2) is 5.13 Å². The van der Waals surface area contributed by atoms with Gasteiger partial charge < -0.3 is 9.84 Å². The van der Waals surface area contributed by atoms with Crippen molar-refractivity contribution in [1.29, 1.82) is 0 Å². The predicted molar refractivity (Wildman–Crippen MR) is 137 cm³/mol. The molecule has 1 atom stereocenters. The van der Waals surface area contributed by atoms with Crippen LogP contribution in [0.1, 0.15) is 61.2 Å². The molecule has 0 bridgehead atoms. The molecular weight excluding hydrogens is 505 g/mol. The van der Waals surface area contributed by atoms with Crippen LogP contribution in [0.15, 0.2) is 41.3 Å². The third-order valence-electron chi connectivity index (χ3n) is 6.11. The smallest absolute Gasteiger partial charge is 0.331 e. The van der Waals surface area contributed by atoms with Crippen molar-refractivity contribution in [3.8, 4) is 11.3 Å². The highest BCUT2D eigenvalue weighted by Crippen LogP contribution is 2.36. The van der Waals surface area contributed by atoms with Crippen LogP contribution >= 0.6 is 11.3 Å². The molecule has 3 rings (SSSR count). The Bertz CT molecular complexity index is 1310. The Labute approximate surface area is 216 Å². The number of nitrogens with zero attached hydrogens (tertiary/aromatic N) is 1. The largest absolute Gasteiger partial charge is 0.478 e.